The number of ether oxygens (including phenoxy) is 1. The predicted molar refractivity (Wildman–Crippen MR) is 116 cm³/mol. The SMILES string of the molecule is Cc1nn(C)c(C)c1CCC(=O)OC(C(=O)Nc1cccc(C(F)(F)F)c1)c1ccccc1. The molecule has 3 rings (SSSR count). The lowest BCUT2D eigenvalue weighted by Gasteiger charge is -2.18. The summed E-state index contributed by atoms with van der Waals surface area (Å²) >= 11 is 0. The Morgan fingerprint density at radius 3 is 2.39 bits per heavy atom. The fourth-order valence-corrected chi connectivity index (χ4v) is 3.48. The van der Waals surface area contributed by atoms with Crippen molar-refractivity contribution in [1.82, 2.24) is 9.78 Å². The molecule has 0 fully saturated rings. The van der Waals surface area contributed by atoms with E-state index in [1.165, 1.54) is 12.1 Å². The number of nitrogens with zero attached hydrogens (tertiary/aromatic N) is 2. The second kappa shape index (κ2) is 9.89. The van der Waals surface area contributed by atoms with Gasteiger partial charge in [-0.3, -0.25) is 14.3 Å². The Kier molecular flexibility index (Phi) is 7.20. The number of benzene rings is 2. The van der Waals surface area contributed by atoms with Gasteiger partial charge in [-0.2, -0.15) is 18.3 Å². The highest BCUT2D eigenvalue weighted by molar-refractivity contribution is 5.96. The third-order valence-corrected chi connectivity index (χ3v) is 5.29. The van der Waals surface area contributed by atoms with Gasteiger partial charge in [0.1, 0.15) is 0 Å². The molecule has 1 atom stereocenters. The van der Waals surface area contributed by atoms with Crippen LogP contribution in [0.25, 0.3) is 0 Å². The van der Waals surface area contributed by atoms with E-state index in [-0.39, 0.29) is 12.1 Å². The van der Waals surface area contributed by atoms with Gasteiger partial charge in [-0.1, -0.05) is 36.4 Å². The zero-order valence-electron chi connectivity index (χ0n) is 18.4. The Balaban J connectivity index is 1.75. The normalized spacial score (nSPS) is 12.3. The van der Waals surface area contributed by atoms with E-state index in [0.29, 0.717) is 12.0 Å². The summed E-state index contributed by atoms with van der Waals surface area (Å²) in [6, 6.07) is 12.6. The van der Waals surface area contributed by atoms with Gasteiger partial charge in [0, 0.05) is 30.4 Å². The van der Waals surface area contributed by atoms with Gasteiger partial charge in [-0.25, -0.2) is 0 Å². The third kappa shape index (κ3) is 6.00. The maximum absolute atomic E-state index is 13.0. The van der Waals surface area contributed by atoms with Gasteiger partial charge >= 0.3 is 12.1 Å². The van der Waals surface area contributed by atoms with Gasteiger partial charge < -0.3 is 10.1 Å². The number of alkyl halides is 3. The highest BCUT2D eigenvalue weighted by Crippen LogP contribution is 2.31. The van der Waals surface area contributed by atoms with E-state index in [0.717, 1.165) is 29.1 Å². The van der Waals surface area contributed by atoms with Gasteiger partial charge in [0.15, 0.2) is 0 Å². The zero-order chi connectivity index (χ0) is 24.2. The van der Waals surface area contributed by atoms with E-state index in [4.69, 9.17) is 4.74 Å². The number of aryl methyl sites for hydroxylation is 2. The predicted octanol–water partition coefficient (Wildman–Crippen LogP) is 4.91. The molecule has 1 N–H and O–H groups in total. The van der Waals surface area contributed by atoms with Gasteiger partial charge in [0.2, 0.25) is 6.10 Å². The fourth-order valence-electron chi connectivity index (χ4n) is 3.48. The molecule has 6 nitrogen and oxygen atoms in total. The van der Waals surface area contributed by atoms with Crippen LogP contribution >= 0.6 is 0 Å². The average molecular weight is 459 g/mol. The first-order valence-corrected chi connectivity index (χ1v) is 10.3. The lowest BCUT2D eigenvalue weighted by atomic mass is 10.1. The molecule has 9 heteroatoms. The van der Waals surface area contributed by atoms with Crippen molar-refractivity contribution in [2.75, 3.05) is 5.32 Å². The molecule has 1 aromatic heterocycles. The summed E-state index contributed by atoms with van der Waals surface area (Å²) in [5.41, 5.74) is 2.14. The summed E-state index contributed by atoms with van der Waals surface area (Å²) in [6.45, 7) is 3.75. The van der Waals surface area contributed by atoms with Crippen LogP contribution in [0.2, 0.25) is 0 Å². The Bertz CT molecular complexity index is 1140. The van der Waals surface area contributed by atoms with E-state index >= 15 is 0 Å². The number of amides is 1. The summed E-state index contributed by atoms with van der Waals surface area (Å²) in [4.78, 5) is 25.5. The van der Waals surface area contributed by atoms with Gasteiger partial charge in [0.25, 0.3) is 5.91 Å². The number of aromatic nitrogens is 2. The van der Waals surface area contributed by atoms with Crippen molar-refractivity contribution in [1.29, 1.82) is 0 Å². The number of esters is 1. The highest BCUT2D eigenvalue weighted by atomic mass is 19.4. The monoisotopic (exact) mass is 459 g/mol. The number of carbonyl (C=O) groups excluding carboxylic acids is 2. The Morgan fingerprint density at radius 1 is 1.09 bits per heavy atom. The van der Waals surface area contributed by atoms with Crippen LogP contribution in [0, 0.1) is 13.8 Å². The van der Waals surface area contributed by atoms with Gasteiger partial charge in [-0.15, -0.1) is 0 Å². The maximum Gasteiger partial charge on any atom is 0.416 e. The van der Waals surface area contributed by atoms with Crippen molar-refractivity contribution in [3.05, 3.63) is 82.7 Å². The number of rotatable bonds is 7. The number of nitrogens with one attached hydrogen (secondary N) is 1. The molecule has 0 aliphatic carbocycles. The summed E-state index contributed by atoms with van der Waals surface area (Å²) in [5, 5.41) is 6.74. The highest BCUT2D eigenvalue weighted by Gasteiger charge is 2.31. The molecule has 1 heterocycles. The summed E-state index contributed by atoms with van der Waals surface area (Å²) in [7, 11) is 1.81. The van der Waals surface area contributed by atoms with Crippen molar-refractivity contribution >= 4 is 17.6 Å². The number of carbonyl (C=O) groups is 2. The second-order valence-electron chi connectivity index (χ2n) is 7.62. The minimum absolute atomic E-state index is 0.0214. The van der Waals surface area contributed by atoms with Crippen LogP contribution in [0.15, 0.2) is 54.6 Å². The second-order valence-corrected chi connectivity index (χ2v) is 7.62. The minimum Gasteiger partial charge on any atom is -0.447 e. The van der Waals surface area contributed by atoms with Crippen LogP contribution in [-0.4, -0.2) is 21.7 Å². The van der Waals surface area contributed by atoms with Crippen molar-refractivity contribution in [3.63, 3.8) is 0 Å². The van der Waals surface area contributed by atoms with E-state index in [9.17, 15) is 22.8 Å². The van der Waals surface area contributed by atoms with Crippen molar-refractivity contribution < 1.29 is 27.5 Å². The third-order valence-electron chi connectivity index (χ3n) is 5.29. The standard InChI is InChI=1S/C24H24F3N3O3/c1-15-20(16(2)30(3)29-15)12-13-21(31)33-22(17-8-5-4-6-9-17)23(32)28-19-11-7-10-18(14-19)24(25,26)27/h4-11,14,22H,12-13H2,1-3H3,(H,28,32). The van der Waals surface area contributed by atoms with Crippen LogP contribution in [0.3, 0.4) is 0 Å². The molecule has 2 aromatic carbocycles. The Morgan fingerprint density at radius 2 is 1.79 bits per heavy atom. The quantitative estimate of drug-likeness (QED) is 0.510. The number of hydrogen-bond donors (Lipinski definition) is 1. The van der Waals surface area contributed by atoms with Crippen LogP contribution < -0.4 is 5.32 Å². The molecule has 0 spiro atoms. The summed E-state index contributed by atoms with van der Waals surface area (Å²) < 4.78 is 46.2. The molecule has 1 unspecified atom stereocenters. The zero-order valence-corrected chi connectivity index (χ0v) is 18.4. The molecule has 0 saturated heterocycles. The van der Waals surface area contributed by atoms with Crippen molar-refractivity contribution in [2.45, 2.75) is 39.0 Å². The molecule has 0 saturated carbocycles. The molecule has 33 heavy (non-hydrogen) atoms. The number of anilines is 1. The summed E-state index contributed by atoms with van der Waals surface area (Å²) in [6.07, 6.45) is -5.45. The van der Waals surface area contributed by atoms with Crippen LogP contribution in [0.1, 0.15) is 40.6 Å². The fraction of sp³-hybridized carbons (Fsp3) is 0.292. The largest absolute Gasteiger partial charge is 0.447 e. The van der Waals surface area contributed by atoms with E-state index in [1.54, 1.807) is 35.0 Å². The molecule has 0 aliphatic rings. The Labute approximate surface area is 189 Å². The van der Waals surface area contributed by atoms with Crippen molar-refractivity contribution in [2.24, 2.45) is 7.05 Å². The van der Waals surface area contributed by atoms with Crippen molar-refractivity contribution in [3.8, 4) is 0 Å². The molecule has 0 radical (unpaired) electrons. The molecule has 0 aliphatic heterocycles. The first-order valence-electron chi connectivity index (χ1n) is 10.3. The first-order chi connectivity index (χ1) is 15.6. The molecule has 3 aromatic rings. The average Bonchev–Trinajstić information content (AvgIpc) is 3.01. The van der Waals surface area contributed by atoms with E-state index in [1.807, 2.05) is 20.9 Å². The van der Waals surface area contributed by atoms with Crippen LogP contribution in [0.5, 0.6) is 0 Å². The van der Waals surface area contributed by atoms with Crippen LogP contribution in [-0.2, 0) is 34.0 Å². The van der Waals surface area contributed by atoms with Gasteiger partial charge in [0.05, 0.1) is 11.3 Å². The number of halogens is 3. The van der Waals surface area contributed by atoms with E-state index in [2.05, 4.69) is 10.4 Å². The lowest BCUT2D eigenvalue weighted by Crippen LogP contribution is -2.26. The molecule has 0 bridgehead atoms. The number of hydrogen-bond acceptors (Lipinski definition) is 4. The van der Waals surface area contributed by atoms with E-state index < -0.39 is 29.7 Å². The topological polar surface area (TPSA) is 73.2 Å². The smallest absolute Gasteiger partial charge is 0.416 e. The molecule has 1 amide bonds. The minimum atomic E-state index is -4.55. The molecular formula is C24H24F3N3O3. The van der Waals surface area contributed by atoms with Gasteiger partial charge in [-0.05, 0) is 44.0 Å². The summed E-state index contributed by atoms with van der Waals surface area (Å²) in [5.74, 6) is -1.35. The lowest BCUT2D eigenvalue weighted by molar-refractivity contribution is -0.154. The molecule has 174 valence electrons. The first kappa shape index (κ1) is 24.0. The molecular weight excluding hydrogens is 435 g/mol. The maximum atomic E-state index is 13.0. The Hall–Kier alpha value is -3.62. The van der Waals surface area contributed by atoms with Crippen LogP contribution in [0.4, 0.5) is 18.9 Å².